The molecule has 1 aromatic carbocycles. The maximum atomic E-state index is 12.1. The van der Waals surface area contributed by atoms with Crippen LogP contribution in [0.3, 0.4) is 0 Å². The molecular formula is C17H21N3O3. The summed E-state index contributed by atoms with van der Waals surface area (Å²) in [5, 5.41) is 6.69. The number of anilines is 1. The fraction of sp³-hybridized carbons (Fsp3) is 0.353. The van der Waals surface area contributed by atoms with E-state index in [0.29, 0.717) is 24.1 Å². The third-order valence-corrected chi connectivity index (χ3v) is 3.58. The zero-order valence-corrected chi connectivity index (χ0v) is 13.8. The number of hydrogen-bond acceptors (Lipinski definition) is 4. The van der Waals surface area contributed by atoms with Crippen molar-refractivity contribution in [1.29, 1.82) is 0 Å². The summed E-state index contributed by atoms with van der Waals surface area (Å²) in [6.45, 7) is 3.70. The Morgan fingerprint density at radius 2 is 2.00 bits per heavy atom. The summed E-state index contributed by atoms with van der Waals surface area (Å²) in [5.41, 5.74) is 2.94. The number of benzene rings is 1. The van der Waals surface area contributed by atoms with Crippen LogP contribution in [0, 0.1) is 13.8 Å². The molecule has 1 aromatic heterocycles. The number of hydrogen-bond donors (Lipinski definition) is 1. The number of nitrogens with one attached hydrogen (secondary N) is 1. The zero-order valence-electron chi connectivity index (χ0n) is 13.8. The van der Waals surface area contributed by atoms with Crippen LogP contribution in [0.2, 0.25) is 0 Å². The van der Waals surface area contributed by atoms with Crippen molar-refractivity contribution in [3.63, 3.8) is 0 Å². The Hall–Kier alpha value is -2.63. The molecule has 6 heteroatoms. The first-order valence-electron chi connectivity index (χ1n) is 7.42. The second kappa shape index (κ2) is 7.09. The molecule has 0 aliphatic carbocycles. The Labute approximate surface area is 135 Å². The maximum Gasteiger partial charge on any atom is 0.253 e. The van der Waals surface area contributed by atoms with Crippen molar-refractivity contribution < 1.29 is 14.1 Å². The van der Waals surface area contributed by atoms with Crippen molar-refractivity contribution in [2.45, 2.75) is 26.7 Å². The van der Waals surface area contributed by atoms with Gasteiger partial charge >= 0.3 is 0 Å². The van der Waals surface area contributed by atoms with Crippen molar-refractivity contribution in [1.82, 2.24) is 10.1 Å². The number of amides is 2. The molecule has 0 saturated carbocycles. The number of carbonyl (C=O) groups excluding carboxylic acids is 2. The molecule has 2 aromatic rings. The van der Waals surface area contributed by atoms with E-state index in [1.807, 2.05) is 13.8 Å². The number of aromatic nitrogens is 1. The van der Waals surface area contributed by atoms with Crippen LogP contribution in [0.15, 0.2) is 28.8 Å². The van der Waals surface area contributed by atoms with Crippen LogP contribution < -0.4 is 5.32 Å². The number of aryl methyl sites for hydroxylation is 2. The van der Waals surface area contributed by atoms with Gasteiger partial charge in [0.15, 0.2) is 0 Å². The highest BCUT2D eigenvalue weighted by Crippen LogP contribution is 2.16. The van der Waals surface area contributed by atoms with E-state index in [2.05, 4.69) is 10.5 Å². The summed E-state index contributed by atoms with van der Waals surface area (Å²) in [4.78, 5) is 25.5. The lowest BCUT2D eigenvalue weighted by Gasteiger charge is -2.11. The molecule has 1 N–H and O–H groups in total. The Kier molecular flexibility index (Phi) is 5.16. The van der Waals surface area contributed by atoms with Crippen LogP contribution in [0.4, 0.5) is 5.69 Å². The first-order chi connectivity index (χ1) is 10.9. The van der Waals surface area contributed by atoms with E-state index in [4.69, 9.17) is 4.52 Å². The van der Waals surface area contributed by atoms with Crippen LogP contribution in [0.1, 0.15) is 33.8 Å². The summed E-state index contributed by atoms with van der Waals surface area (Å²) in [6, 6.07) is 6.92. The summed E-state index contributed by atoms with van der Waals surface area (Å²) in [6.07, 6.45) is 0.901. The van der Waals surface area contributed by atoms with Gasteiger partial charge in [-0.2, -0.15) is 0 Å². The highest BCUT2D eigenvalue weighted by Gasteiger charge is 2.12. The lowest BCUT2D eigenvalue weighted by molar-refractivity contribution is -0.116. The van der Waals surface area contributed by atoms with Gasteiger partial charge in [-0.1, -0.05) is 11.2 Å². The summed E-state index contributed by atoms with van der Waals surface area (Å²) >= 11 is 0. The van der Waals surface area contributed by atoms with Gasteiger partial charge in [0.05, 0.1) is 5.69 Å². The van der Waals surface area contributed by atoms with Crippen LogP contribution in [-0.4, -0.2) is 36.0 Å². The van der Waals surface area contributed by atoms with Crippen LogP contribution in [0.25, 0.3) is 0 Å². The molecule has 0 atom stereocenters. The molecule has 23 heavy (non-hydrogen) atoms. The molecule has 0 unspecified atom stereocenters. The number of nitrogens with zero attached hydrogens (tertiary/aromatic N) is 2. The van der Waals surface area contributed by atoms with Gasteiger partial charge in [-0.05, 0) is 38.5 Å². The topological polar surface area (TPSA) is 75.4 Å². The second-order valence-corrected chi connectivity index (χ2v) is 5.63. The predicted molar refractivity (Wildman–Crippen MR) is 87.4 cm³/mol. The van der Waals surface area contributed by atoms with Gasteiger partial charge in [0.25, 0.3) is 5.91 Å². The SMILES string of the molecule is Cc1noc(C)c1CCC(=O)Nc1cccc(C(=O)N(C)C)c1. The minimum absolute atomic E-state index is 0.100. The molecule has 0 fully saturated rings. The molecule has 0 spiro atoms. The van der Waals surface area contributed by atoms with E-state index in [1.54, 1.807) is 38.4 Å². The predicted octanol–water partition coefficient (Wildman–Crippen LogP) is 2.56. The molecule has 6 nitrogen and oxygen atoms in total. The van der Waals surface area contributed by atoms with E-state index in [1.165, 1.54) is 4.90 Å². The maximum absolute atomic E-state index is 12.1. The van der Waals surface area contributed by atoms with Crippen molar-refractivity contribution in [2.75, 3.05) is 19.4 Å². The van der Waals surface area contributed by atoms with Gasteiger partial charge in [0.2, 0.25) is 5.91 Å². The number of carbonyl (C=O) groups is 2. The minimum atomic E-state index is -0.112. The Bertz CT molecular complexity index is 700. The van der Waals surface area contributed by atoms with Crippen molar-refractivity contribution in [3.8, 4) is 0 Å². The number of rotatable bonds is 5. The summed E-state index contributed by atoms with van der Waals surface area (Å²) in [7, 11) is 3.38. The molecule has 0 radical (unpaired) electrons. The van der Waals surface area contributed by atoms with Gasteiger partial charge < -0.3 is 14.7 Å². The zero-order chi connectivity index (χ0) is 17.0. The van der Waals surface area contributed by atoms with E-state index < -0.39 is 0 Å². The Morgan fingerprint density at radius 1 is 1.26 bits per heavy atom. The molecule has 0 aliphatic heterocycles. The van der Waals surface area contributed by atoms with Crippen molar-refractivity contribution >= 4 is 17.5 Å². The molecule has 0 saturated heterocycles. The van der Waals surface area contributed by atoms with Crippen molar-refractivity contribution in [2.24, 2.45) is 0 Å². The quantitative estimate of drug-likeness (QED) is 0.920. The lowest BCUT2D eigenvalue weighted by Crippen LogP contribution is -2.22. The van der Waals surface area contributed by atoms with Crippen LogP contribution in [0.5, 0.6) is 0 Å². The van der Waals surface area contributed by atoms with Gasteiger partial charge in [0.1, 0.15) is 5.76 Å². The summed E-state index contributed by atoms with van der Waals surface area (Å²) < 4.78 is 5.09. The minimum Gasteiger partial charge on any atom is -0.361 e. The lowest BCUT2D eigenvalue weighted by atomic mass is 10.1. The fourth-order valence-corrected chi connectivity index (χ4v) is 2.31. The van der Waals surface area contributed by atoms with Crippen LogP contribution in [-0.2, 0) is 11.2 Å². The van der Waals surface area contributed by atoms with Gasteiger partial charge in [0, 0.05) is 37.3 Å². The third kappa shape index (κ3) is 4.18. The summed E-state index contributed by atoms with van der Waals surface area (Å²) in [5.74, 6) is 0.533. The third-order valence-electron chi connectivity index (χ3n) is 3.58. The second-order valence-electron chi connectivity index (χ2n) is 5.63. The standard InChI is InChI=1S/C17H21N3O3/c1-11-15(12(2)23-19-11)8-9-16(21)18-14-7-5-6-13(10-14)17(22)20(3)4/h5-7,10H,8-9H2,1-4H3,(H,18,21). The van der Waals surface area contributed by atoms with E-state index in [0.717, 1.165) is 17.0 Å². The smallest absolute Gasteiger partial charge is 0.253 e. The molecule has 2 rings (SSSR count). The largest absolute Gasteiger partial charge is 0.361 e. The van der Waals surface area contributed by atoms with E-state index >= 15 is 0 Å². The van der Waals surface area contributed by atoms with Gasteiger partial charge in [-0.15, -0.1) is 0 Å². The van der Waals surface area contributed by atoms with Crippen LogP contribution >= 0.6 is 0 Å². The first-order valence-corrected chi connectivity index (χ1v) is 7.42. The molecule has 0 bridgehead atoms. The normalized spacial score (nSPS) is 10.4. The van der Waals surface area contributed by atoms with E-state index in [-0.39, 0.29) is 11.8 Å². The van der Waals surface area contributed by atoms with E-state index in [9.17, 15) is 9.59 Å². The van der Waals surface area contributed by atoms with Crippen molar-refractivity contribution in [3.05, 3.63) is 46.8 Å². The highest BCUT2D eigenvalue weighted by molar-refractivity contribution is 5.97. The molecular weight excluding hydrogens is 294 g/mol. The molecule has 0 aliphatic rings. The Balaban J connectivity index is 1.98. The average molecular weight is 315 g/mol. The highest BCUT2D eigenvalue weighted by atomic mass is 16.5. The first kappa shape index (κ1) is 16.7. The van der Waals surface area contributed by atoms with Gasteiger partial charge in [-0.25, -0.2) is 0 Å². The molecule has 122 valence electrons. The molecule has 1 heterocycles. The van der Waals surface area contributed by atoms with Gasteiger partial charge in [-0.3, -0.25) is 9.59 Å². The Morgan fingerprint density at radius 3 is 2.61 bits per heavy atom. The monoisotopic (exact) mass is 315 g/mol. The molecule has 2 amide bonds. The fourth-order valence-electron chi connectivity index (χ4n) is 2.31. The average Bonchev–Trinajstić information content (AvgIpc) is 2.83.